The van der Waals surface area contributed by atoms with E-state index in [4.69, 9.17) is 5.73 Å². The van der Waals surface area contributed by atoms with Crippen molar-refractivity contribution in [2.75, 3.05) is 17.7 Å². The van der Waals surface area contributed by atoms with Gasteiger partial charge in [0.1, 0.15) is 29.0 Å². The van der Waals surface area contributed by atoms with Crippen molar-refractivity contribution in [2.24, 2.45) is 0 Å². The molecule has 0 bridgehead atoms. The standard InChI is InChI=1S/C22H19F2N7O2/c1-22(6-7-32)15-17(25)27-19(28-18(15)29-21(22)33)16-13-8-12(23)9-26-20(13)31(30-16)10-11-4-2-3-5-14(11)24/h2-5,8-9,32H,6-7,10H2,1H3,(H3,25,27,28,29,33). The van der Waals surface area contributed by atoms with Crippen LogP contribution in [0.5, 0.6) is 0 Å². The first-order valence-electron chi connectivity index (χ1n) is 10.2. The molecule has 5 rings (SSSR count). The van der Waals surface area contributed by atoms with Gasteiger partial charge >= 0.3 is 0 Å². The SMILES string of the molecule is CC1(CCO)C(=O)Nc2nc(-c3nn(Cc4ccccc4F)c4ncc(F)cc34)nc(N)c21. The fraction of sp³-hybridized carbons (Fsp3) is 0.227. The van der Waals surface area contributed by atoms with Gasteiger partial charge in [-0.15, -0.1) is 0 Å². The number of fused-ring (bicyclic) bond motifs is 2. The van der Waals surface area contributed by atoms with E-state index in [9.17, 15) is 18.7 Å². The number of nitrogens with one attached hydrogen (secondary N) is 1. The second kappa shape index (κ2) is 7.55. The Hall–Kier alpha value is -3.99. The van der Waals surface area contributed by atoms with E-state index in [1.807, 2.05) is 0 Å². The monoisotopic (exact) mass is 451 g/mol. The van der Waals surface area contributed by atoms with Crippen molar-refractivity contribution >= 4 is 28.6 Å². The van der Waals surface area contributed by atoms with Crippen molar-refractivity contribution in [1.82, 2.24) is 24.7 Å². The summed E-state index contributed by atoms with van der Waals surface area (Å²) in [5, 5.41) is 16.9. The van der Waals surface area contributed by atoms with Crippen LogP contribution >= 0.6 is 0 Å². The first-order valence-corrected chi connectivity index (χ1v) is 10.2. The molecule has 4 N–H and O–H groups in total. The second-order valence-electron chi connectivity index (χ2n) is 8.04. The lowest BCUT2D eigenvalue weighted by Crippen LogP contribution is -2.32. The zero-order chi connectivity index (χ0) is 23.3. The number of hydrogen-bond acceptors (Lipinski definition) is 7. The number of nitrogens with zero attached hydrogens (tertiary/aromatic N) is 5. The second-order valence-corrected chi connectivity index (χ2v) is 8.04. The van der Waals surface area contributed by atoms with Gasteiger partial charge in [0.2, 0.25) is 5.91 Å². The van der Waals surface area contributed by atoms with Crippen LogP contribution in [0.4, 0.5) is 20.4 Å². The molecular formula is C22H19F2N7O2. The third kappa shape index (κ3) is 3.28. The Bertz CT molecular complexity index is 1420. The van der Waals surface area contributed by atoms with E-state index < -0.39 is 17.0 Å². The number of carbonyl (C=O) groups is 1. The highest BCUT2D eigenvalue weighted by Gasteiger charge is 2.45. The average Bonchev–Trinajstić information content (AvgIpc) is 3.24. The summed E-state index contributed by atoms with van der Waals surface area (Å²) in [6.45, 7) is 1.48. The van der Waals surface area contributed by atoms with Crippen molar-refractivity contribution in [3.8, 4) is 11.5 Å². The molecule has 0 fully saturated rings. The molecule has 0 saturated heterocycles. The first-order chi connectivity index (χ1) is 15.8. The fourth-order valence-electron chi connectivity index (χ4n) is 4.14. The fourth-order valence-corrected chi connectivity index (χ4v) is 4.14. The van der Waals surface area contributed by atoms with E-state index in [1.165, 1.54) is 16.8 Å². The number of pyridine rings is 1. The molecule has 0 aliphatic carbocycles. The molecule has 9 nitrogen and oxygen atoms in total. The van der Waals surface area contributed by atoms with Gasteiger partial charge in [0.05, 0.1) is 29.1 Å². The van der Waals surface area contributed by atoms with Crippen LogP contribution in [0.2, 0.25) is 0 Å². The van der Waals surface area contributed by atoms with Crippen LogP contribution < -0.4 is 11.1 Å². The van der Waals surface area contributed by atoms with Crippen molar-refractivity contribution in [3.05, 3.63) is 59.3 Å². The number of carbonyl (C=O) groups excluding carboxylic acids is 1. The Balaban J connectivity index is 1.66. The third-order valence-corrected chi connectivity index (χ3v) is 5.88. The predicted octanol–water partition coefficient (Wildman–Crippen LogP) is 2.39. The number of halogens is 2. The minimum Gasteiger partial charge on any atom is -0.396 e. The Kier molecular flexibility index (Phi) is 4.78. The van der Waals surface area contributed by atoms with Crippen molar-refractivity contribution < 1.29 is 18.7 Å². The largest absolute Gasteiger partial charge is 0.396 e. The van der Waals surface area contributed by atoms with Crippen LogP contribution in [-0.2, 0) is 16.8 Å². The molecule has 0 spiro atoms. The number of nitrogen functional groups attached to an aromatic ring is 1. The Morgan fingerprint density at radius 1 is 1.24 bits per heavy atom. The van der Waals surface area contributed by atoms with Gasteiger partial charge in [-0.3, -0.25) is 4.79 Å². The van der Waals surface area contributed by atoms with Gasteiger partial charge < -0.3 is 16.2 Å². The van der Waals surface area contributed by atoms with Crippen LogP contribution in [0.15, 0.2) is 36.5 Å². The molecule has 0 saturated carbocycles. The maximum absolute atomic E-state index is 14.2. The summed E-state index contributed by atoms with van der Waals surface area (Å²) in [5.41, 5.74) is 6.40. The molecule has 1 aliphatic rings. The highest BCUT2D eigenvalue weighted by atomic mass is 19.1. The van der Waals surface area contributed by atoms with Crippen LogP contribution in [0.1, 0.15) is 24.5 Å². The molecule has 0 radical (unpaired) electrons. The summed E-state index contributed by atoms with van der Waals surface area (Å²) in [4.78, 5) is 25.5. The summed E-state index contributed by atoms with van der Waals surface area (Å²) in [5.74, 6) is -1.04. The number of rotatable bonds is 5. The Morgan fingerprint density at radius 3 is 2.79 bits per heavy atom. The summed E-state index contributed by atoms with van der Waals surface area (Å²) in [6, 6.07) is 7.48. The minimum atomic E-state index is -1.08. The van der Waals surface area contributed by atoms with Crippen molar-refractivity contribution in [3.63, 3.8) is 0 Å². The molecular weight excluding hydrogens is 432 g/mol. The molecule has 33 heavy (non-hydrogen) atoms. The molecule has 4 heterocycles. The lowest BCUT2D eigenvalue weighted by molar-refractivity contribution is -0.120. The van der Waals surface area contributed by atoms with Crippen LogP contribution in [-0.4, -0.2) is 42.4 Å². The third-order valence-electron chi connectivity index (χ3n) is 5.88. The lowest BCUT2D eigenvalue weighted by Gasteiger charge is -2.21. The highest BCUT2D eigenvalue weighted by molar-refractivity contribution is 6.06. The van der Waals surface area contributed by atoms with E-state index in [2.05, 4.69) is 25.4 Å². The number of aliphatic hydroxyl groups excluding tert-OH is 1. The number of anilines is 2. The Morgan fingerprint density at radius 2 is 2.03 bits per heavy atom. The summed E-state index contributed by atoms with van der Waals surface area (Å²) >= 11 is 0. The zero-order valence-electron chi connectivity index (χ0n) is 17.5. The molecule has 1 unspecified atom stereocenters. The maximum Gasteiger partial charge on any atom is 0.236 e. The van der Waals surface area contributed by atoms with Gasteiger partial charge in [0.25, 0.3) is 0 Å². The maximum atomic E-state index is 14.2. The highest BCUT2D eigenvalue weighted by Crippen LogP contribution is 2.43. The van der Waals surface area contributed by atoms with Gasteiger partial charge in [-0.1, -0.05) is 18.2 Å². The molecule has 1 aliphatic heterocycles. The van der Waals surface area contributed by atoms with E-state index in [-0.39, 0.29) is 48.6 Å². The van der Waals surface area contributed by atoms with E-state index in [0.29, 0.717) is 22.2 Å². The molecule has 1 atom stereocenters. The first kappa shape index (κ1) is 20.9. The quantitative estimate of drug-likeness (QED) is 0.424. The number of aromatic nitrogens is 5. The van der Waals surface area contributed by atoms with Crippen molar-refractivity contribution in [1.29, 1.82) is 0 Å². The summed E-state index contributed by atoms with van der Waals surface area (Å²) < 4.78 is 29.7. The molecule has 1 aromatic carbocycles. The number of benzene rings is 1. The average molecular weight is 451 g/mol. The molecule has 1 amide bonds. The van der Waals surface area contributed by atoms with Gasteiger partial charge in [-0.25, -0.2) is 28.4 Å². The van der Waals surface area contributed by atoms with Gasteiger partial charge in [-0.05, 0) is 25.5 Å². The Labute approximate surface area is 186 Å². The van der Waals surface area contributed by atoms with Crippen LogP contribution in [0, 0.1) is 11.6 Å². The van der Waals surface area contributed by atoms with E-state index >= 15 is 0 Å². The van der Waals surface area contributed by atoms with Gasteiger partial charge in [0.15, 0.2) is 11.5 Å². The lowest BCUT2D eigenvalue weighted by atomic mass is 9.81. The van der Waals surface area contributed by atoms with Crippen molar-refractivity contribution in [2.45, 2.75) is 25.3 Å². The predicted molar refractivity (Wildman–Crippen MR) is 116 cm³/mol. The molecule has 4 aromatic rings. The summed E-state index contributed by atoms with van der Waals surface area (Å²) in [7, 11) is 0. The van der Waals surface area contributed by atoms with Gasteiger partial charge in [0, 0.05) is 12.2 Å². The number of aliphatic hydroxyl groups is 1. The molecule has 11 heteroatoms. The van der Waals surface area contributed by atoms with E-state index in [0.717, 1.165) is 6.20 Å². The van der Waals surface area contributed by atoms with Crippen LogP contribution in [0.25, 0.3) is 22.6 Å². The molecule has 168 valence electrons. The van der Waals surface area contributed by atoms with Crippen LogP contribution in [0.3, 0.4) is 0 Å². The number of hydrogen-bond donors (Lipinski definition) is 3. The number of amides is 1. The topological polar surface area (TPSA) is 132 Å². The van der Waals surface area contributed by atoms with Gasteiger partial charge in [-0.2, -0.15) is 5.10 Å². The van der Waals surface area contributed by atoms with E-state index in [1.54, 1.807) is 25.1 Å². The smallest absolute Gasteiger partial charge is 0.236 e. The zero-order valence-corrected chi connectivity index (χ0v) is 17.5. The molecule has 3 aromatic heterocycles. The normalized spacial score (nSPS) is 17.4. The minimum absolute atomic E-state index is 0.0467. The summed E-state index contributed by atoms with van der Waals surface area (Å²) in [6.07, 6.45) is 1.19. The number of nitrogens with two attached hydrogens (primary N) is 1.